The van der Waals surface area contributed by atoms with Crippen LogP contribution < -0.4 is 0 Å². The molecule has 1 aliphatic rings. The molecule has 4 nitrogen and oxygen atoms in total. The quantitative estimate of drug-likeness (QED) is 0.766. The lowest BCUT2D eigenvalue weighted by Gasteiger charge is -2.16. The first kappa shape index (κ1) is 13.5. The molecule has 1 aliphatic heterocycles. The molecular formula is C14H16FNO3. The van der Waals surface area contributed by atoms with Crippen LogP contribution in [-0.4, -0.2) is 37.0 Å². The van der Waals surface area contributed by atoms with Crippen molar-refractivity contribution < 1.29 is 18.7 Å². The Labute approximate surface area is 111 Å². The summed E-state index contributed by atoms with van der Waals surface area (Å²) in [6.07, 6.45) is 0.610. The normalized spacial score (nSPS) is 18.5. The van der Waals surface area contributed by atoms with E-state index in [0.29, 0.717) is 30.6 Å². The van der Waals surface area contributed by atoms with Gasteiger partial charge < -0.3 is 9.64 Å². The molecule has 19 heavy (non-hydrogen) atoms. The number of esters is 1. The van der Waals surface area contributed by atoms with Gasteiger partial charge in [0.25, 0.3) is 5.91 Å². The highest BCUT2D eigenvalue weighted by molar-refractivity contribution is 5.95. The lowest BCUT2D eigenvalue weighted by Crippen LogP contribution is -2.30. The fourth-order valence-corrected chi connectivity index (χ4v) is 2.26. The molecule has 1 heterocycles. The second kappa shape index (κ2) is 5.38. The smallest absolute Gasteiger partial charge is 0.310 e. The number of ether oxygens (including phenoxy) is 1. The Morgan fingerprint density at radius 2 is 2.16 bits per heavy atom. The van der Waals surface area contributed by atoms with Gasteiger partial charge in [-0.1, -0.05) is 0 Å². The second-order valence-corrected chi connectivity index (χ2v) is 4.72. The summed E-state index contributed by atoms with van der Waals surface area (Å²) < 4.78 is 17.8. The molecule has 2 rings (SSSR count). The topological polar surface area (TPSA) is 46.6 Å². The summed E-state index contributed by atoms with van der Waals surface area (Å²) in [5.74, 6) is -1.04. The number of carbonyl (C=O) groups excluding carboxylic acids is 2. The number of nitrogens with zero attached hydrogens (tertiary/aromatic N) is 1. The van der Waals surface area contributed by atoms with Gasteiger partial charge in [-0.3, -0.25) is 9.59 Å². The molecule has 1 saturated heterocycles. The van der Waals surface area contributed by atoms with Crippen LogP contribution in [0, 0.1) is 18.7 Å². The van der Waals surface area contributed by atoms with Gasteiger partial charge in [-0.05, 0) is 37.1 Å². The minimum absolute atomic E-state index is 0.172. The number of amides is 1. The van der Waals surface area contributed by atoms with Crippen LogP contribution in [0.15, 0.2) is 18.2 Å². The molecule has 1 aromatic rings. The largest absolute Gasteiger partial charge is 0.469 e. The van der Waals surface area contributed by atoms with Crippen LogP contribution in [0.4, 0.5) is 4.39 Å². The van der Waals surface area contributed by atoms with Gasteiger partial charge in [-0.25, -0.2) is 4.39 Å². The summed E-state index contributed by atoms with van der Waals surface area (Å²) in [6.45, 7) is 2.50. The molecule has 102 valence electrons. The number of halogens is 1. The predicted octanol–water partition coefficient (Wildman–Crippen LogP) is 1.77. The van der Waals surface area contributed by atoms with E-state index in [9.17, 15) is 14.0 Å². The number of benzene rings is 1. The molecule has 0 bridgehead atoms. The van der Waals surface area contributed by atoms with Gasteiger partial charge in [0.15, 0.2) is 0 Å². The van der Waals surface area contributed by atoms with E-state index in [4.69, 9.17) is 0 Å². The third kappa shape index (κ3) is 2.75. The van der Waals surface area contributed by atoms with Gasteiger partial charge in [0.1, 0.15) is 5.82 Å². The Hall–Kier alpha value is -1.91. The number of methoxy groups -OCH3 is 1. The molecule has 0 saturated carbocycles. The van der Waals surface area contributed by atoms with Crippen LogP contribution in [0.3, 0.4) is 0 Å². The molecule has 0 N–H and O–H groups in total. The third-order valence-corrected chi connectivity index (χ3v) is 3.41. The Bertz CT molecular complexity index is 515. The summed E-state index contributed by atoms with van der Waals surface area (Å²) in [6, 6.07) is 4.29. The summed E-state index contributed by atoms with van der Waals surface area (Å²) >= 11 is 0. The summed E-state index contributed by atoms with van der Waals surface area (Å²) in [5, 5.41) is 0. The zero-order valence-corrected chi connectivity index (χ0v) is 11.0. The SMILES string of the molecule is COC(=O)C1CCN(C(=O)c2ccc(F)c(C)c2)C1. The van der Waals surface area contributed by atoms with Gasteiger partial charge in [0.05, 0.1) is 13.0 Å². The molecule has 5 heteroatoms. The van der Waals surface area contributed by atoms with E-state index in [1.54, 1.807) is 11.8 Å². The van der Waals surface area contributed by atoms with E-state index >= 15 is 0 Å². The zero-order chi connectivity index (χ0) is 14.0. The number of hydrogen-bond acceptors (Lipinski definition) is 3. The van der Waals surface area contributed by atoms with Crippen LogP contribution in [0.5, 0.6) is 0 Å². The lowest BCUT2D eigenvalue weighted by atomic mass is 10.1. The fourth-order valence-electron chi connectivity index (χ4n) is 2.26. The predicted molar refractivity (Wildman–Crippen MR) is 67.2 cm³/mol. The van der Waals surface area contributed by atoms with Crippen molar-refractivity contribution in [3.63, 3.8) is 0 Å². The van der Waals surface area contributed by atoms with Crippen molar-refractivity contribution in [1.82, 2.24) is 4.90 Å². The lowest BCUT2D eigenvalue weighted by molar-refractivity contribution is -0.144. The fraction of sp³-hybridized carbons (Fsp3) is 0.429. The standard InChI is InChI=1S/C14H16FNO3/c1-9-7-10(3-4-12(9)15)13(17)16-6-5-11(8-16)14(18)19-2/h3-4,7,11H,5-6,8H2,1-2H3. The van der Waals surface area contributed by atoms with Gasteiger partial charge in [-0.15, -0.1) is 0 Å². The summed E-state index contributed by atoms with van der Waals surface area (Å²) in [5.41, 5.74) is 0.888. The number of aryl methyl sites for hydroxylation is 1. The maximum atomic E-state index is 13.2. The van der Waals surface area contributed by atoms with Gasteiger partial charge in [-0.2, -0.15) is 0 Å². The molecular weight excluding hydrogens is 249 g/mol. The average Bonchev–Trinajstić information content (AvgIpc) is 2.89. The Morgan fingerprint density at radius 1 is 1.42 bits per heavy atom. The summed E-state index contributed by atoms with van der Waals surface area (Å²) in [4.78, 5) is 25.2. The van der Waals surface area contributed by atoms with Crippen molar-refractivity contribution in [3.8, 4) is 0 Å². The summed E-state index contributed by atoms with van der Waals surface area (Å²) in [7, 11) is 1.34. The molecule has 1 fully saturated rings. The van der Waals surface area contributed by atoms with E-state index in [1.165, 1.54) is 25.3 Å². The number of rotatable bonds is 2. The van der Waals surface area contributed by atoms with Crippen LogP contribution in [0.25, 0.3) is 0 Å². The first-order valence-corrected chi connectivity index (χ1v) is 6.16. The van der Waals surface area contributed by atoms with E-state index < -0.39 is 0 Å². The Morgan fingerprint density at radius 3 is 2.79 bits per heavy atom. The molecule has 1 atom stereocenters. The van der Waals surface area contributed by atoms with Crippen molar-refractivity contribution >= 4 is 11.9 Å². The van der Waals surface area contributed by atoms with Crippen LogP contribution in [0.2, 0.25) is 0 Å². The molecule has 1 amide bonds. The van der Waals surface area contributed by atoms with Crippen LogP contribution in [-0.2, 0) is 9.53 Å². The Kier molecular flexibility index (Phi) is 3.83. The van der Waals surface area contributed by atoms with E-state index in [1.807, 2.05) is 0 Å². The van der Waals surface area contributed by atoms with Gasteiger partial charge >= 0.3 is 5.97 Å². The van der Waals surface area contributed by atoms with Gasteiger partial charge in [0, 0.05) is 18.7 Å². The molecule has 0 aromatic heterocycles. The monoisotopic (exact) mass is 265 g/mol. The highest BCUT2D eigenvalue weighted by Crippen LogP contribution is 2.20. The van der Waals surface area contributed by atoms with Crippen LogP contribution in [0.1, 0.15) is 22.3 Å². The molecule has 1 aromatic carbocycles. The van der Waals surface area contributed by atoms with E-state index in [2.05, 4.69) is 4.74 Å². The third-order valence-electron chi connectivity index (χ3n) is 3.41. The number of carbonyl (C=O) groups is 2. The number of hydrogen-bond donors (Lipinski definition) is 0. The highest BCUT2D eigenvalue weighted by Gasteiger charge is 2.32. The average molecular weight is 265 g/mol. The van der Waals surface area contributed by atoms with Crippen molar-refractivity contribution in [3.05, 3.63) is 35.1 Å². The first-order valence-electron chi connectivity index (χ1n) is 6.16. The maximum Gasteiger partial charge on any atom is 0.310 e. The molecule has 0 aliphatic carbocycles. The molecule has 0 spiro atoms. The van der Waals surface area contributed by atoms with E-state index in [-0.39, 0.29) is 23.6 Å². The van der Waals surface area contributed by atoms with Gasteiger partial charge in [0.2, 0.25) is 0 Å². The minimum Gasteiger partial charge on any atom is -0.469 e. The van der Waals surface area contributed by atoms with Crippen molar-refractivity contribution in [2.24, 2.45) is 5.92 Å². The van der Waals surface area contributed by atoms with Crippen molar-refractivity contribution in [2.45, 2.75) is 13.3 Å². The zero-order valence-electron chi connectivity index (χ0n) is 11.0. The van der Waals surface area contributed by atoms with E-state index in [0.717, 1.165) is 0 Å². The maximum absolute atomic E-state index is 13.2. The first-order chi connectivity index (χ1) is 9.02. The highest BCUT2D eigenvalue weighted by atomic mass is 19.1. The number of likely N-dealkylation sites (tertiary alicyclic amines) is 1. The van der Waals surface area contributed by atoms with Crippen LogP contribution >= 0.6 is 0 Å². The second-order valence-electron chi connectivity index (χ2n) is 4.72. The molecule has 1 unspecified atom stereocenters. The van der Waals surface area contributed by atoms with Crippen molar-refractivity contribution in [2.75, 3.05) is 20.2 Å². The molecule has 0 radical (unpaired) electrons. The Balaban J connectivity index is 2.09. The minimum atomic E-state index is -0.328. The van der Waals surface area contributed by atoms with Crippen molar-refractivity contribution in [1.29, 1.82) is 0 Å².